The number of hydrogen-bond donors (Lipinski definition) is 0. The molecule has 0 saturated heterocycles. The van der Waals surface area contributed by atoms with Crippen LogP contribution in [0.15, 0.2) is 30.3 Å². The third kappa shape index (κ3) is 4.35. The molecule has 1 aliphatic carbocycles. The lowest BCUT2D eigenvalue weighted by Gasteiger charge is -2.33. The van der Waals surface area contributed by atoms with Crippen molar-refractivity contribution in [3.05, 3.63) is 35.9 Å². The zero-order chi connectivity index (χ0) is 13.5. The Morgan fingerprint density at radius 1 is 1.26 bits per heavy atom. The summed E-state index contributed by atoms with van der Waals surface area (Å²) in [6, 6.07) is 10.2. The molecule has 1 aromatic rings. The molecule has 3 nitrogen and oxygen atoms in total. The van der Waals surface area contributed by atoms with Gasteiger partial charge in [-0.05, 0) is 37.7 Å². The SMILES string of the molecule is CCOC(=O)[C@H]1C[C@H](CCOCc2ccccc2)C1. The van der Waals surface area contributed by atoms with Crippen molar-refractivity contribution in [1.82, 2.24) is 0 Å². The summed E-state index contributed by atoms with van der Waals surface area (Å²) < 4.78 is 10.7. The zero-order valence-electron chi connectivity index (χ0n) is 11.5. The van der Waals surface area contributed by atoms with Crippen molar-refractivity contribution in [1.29, 1.82) is 0 Å². The first-order valence-corrected chi connectivity index (χ1v) is 7.08. The van der Waals surface area contributed by atoms with E-state index in [0.717, 1.165) is 25.9 Å². The molecule has 0 unspecified atom stereocenters. The molecular weight excluding hydrogens is 240 g/mol. The van der Waals surface area contributed by atoms with E-state index < -0.39 is 0 Å². The highest BCUT2D eigenvalue weighted by atomic mass is 16.5. The summed E-state index contributed by atoms with van der Waals surface area (Å²) in [6.07, 6.45) is 2.98. The summed E-state index contributed by atoms with van der Waals surface area (Å²) >= 11 is 0. The quantitative estimate of drug-likeness (QED) is 0.559. The van der Waals surface area contributed by atoms with Gasteiger partial charge in [0.1, 0.15) is 0 Å². The zero-order valence-corrected chi connectivity index (χ0v) is 11.5. The van der Waals surface area contributed by atoms with Crippen LogP contribution in [0.5, 0.6) is 0 Å². The minimum absolute atomic E-state index is 0.0241. The van der Waals surface area contributed by atoms with Crippen LogP contribution >= 0.6 is 0 Å². The lowest BCUT2D eigenvalue weighted by atomic mass is 9.73. The number of esters is 1. The highest BCUT2D eigenvalue weighted by Crippen LogP contribution is 2.36. The van der Waals surface area contributed by atoms with Crippen LogP contribution in [0.25, 0.3) is 0 Å². The average molecular weight is 262 g/mol. The van der Waals surface area contributed by atoms with Crippen LogP contribution in [0.2, 0.25) is 0 Å². The van der Waals surface area contributed by atoms with E-state index in [1.807, 2.05) is 25.1 Å². The first-order valence-electron chi connectivity index (χ1n) is 7.08. The minimum atomic E-state index is -0.0241. The molecule has 1 aromatic carbocycles. The molecule has 0 N–H and O–H groups in total. The number of benzene rings is 1. The highest BCUT2D eigenvalue weighted by Gasteiger charge is 2.34. The van der Waals surface area contributed by atoms with Crippen molar-refractivity contribution in [3.63, 3.8) is 0 Å². The monoisotopic (exact) mass is 262 g/mol. The molecule has 3 heteroatoms. The lowest BCUT2D eigenvalue weighted by molar-refractivity contribution is -0.153. The maximum absolute atomic E-state index is 11.4. The first-order chi connectivity index (χ1) is 9.29. The van der Waals surface area contributed by atoms with E-state index in [1.165, 1.54) is 5.56 Å². The van der Waals surface area contributed by atoms with Crippen LogP contribution in [0.1, 0.15) is 31.7 Å². The predicted octanol–water partition coefficient (Wildman–Crippen LogP) is 3.18. The van der Waals surface area contributed by atoms with Gasteiger partial charge < -0.3 is 9.47 Å². The van der Waals surface area contributed by atoms with E-state index in [2.05, 4.69) is 12.1 Å². The van der Waals surface area contributed by atoms with E-state index in [-0.39, 0.29) is 11.9 Å². The predicted molar refractivity (Wildman–Crippen MR) is 73.6 cm³/mol. The summed E-state index contributed by atoms with van der Waals surface area (Å²) in [7, 11) is 0. The molecule has 0 heterocycles. The van der Waals surface area contributed by atoms with Gasteiger partial charge >= 0.3 is 5.97 Å². The summed E-state index contributed by atoms with van der Waals surface area (Å²) in [5.41, 5.74) is 1.21. The van der Waals surface area contributed by atoms with Crippen molar-refractivity contribution in [2.75, 3.05) is 13.2 Å². The molecular formula is C16H22O3. The van der Waals surface area contributed by atoms with Crippen molar-refractivity contribution < 1.29 is 14.3 Å². The van der Waals surface area contributed by atoms with Gasteiger partial charge in [0.15, 0.2) is 0 Å². The second-order valence-electron chi connectivity index (χ2n) is 5.11. The van der Waals surface area contributed by atoms with Gasteiger partial charge in [-0.1, -0.05) is 30.3 Å². The summed E-state index contributed by atoms with van der Waals surface area (Å²) in [6.45, 7) is 3.79. The lowest BCUT2D eigenvalue weighted by Crippen LogP contribution is -2.32. The fourth-order valence-corrected chi connectivity index (χ4v) is 2.44. The fraction of sp³-hybridized carbons (Fsp3) is 0.562. The third-order valence-corrected chi connectivity index (χ3v) is 3.64. The molecule has 0 atom stereocenters. The largest absolute Gasteiger partial charge is 0.466 e. The Morgan fingerprint density at radius 3 is 2.68 bits per heavy atom. The molecule has 2 rings (SSSR count). The smallest absolute Gasteiger partial charge is 0.308 e. The van der Waals surface area contributed by atoms with Crippen LogP contribution < -0.4 is 0 Å². The maximum Gasteiger partial charge on any atom is 0.308 e. The van der Waals surface area contributed by atoms with E-state index in [1.54, 1.807) is 0 Å². The highest BCUT2D eigenvalue weighted by molar-refractivity contribution is 5.73. The molecule has 0 aliphatic heterocycles. The van der Waals surface area contributed by atoms with Gasteiger partial charge in [-0.25, -0.2) is 0 Å². The van der Waals surface area contributed by atoms with Gasteiger partial charge in [-0.2, -0.15) is 0 Å². The minimum Gasteiger partial charge on any atom is -0.466 e. The Labute approximate surface area is 114 Å². The first kappa shape index (κ1) is 14.1. The average Bonchev–Trinajstić information content (AvgIpc) is 2.37. The molecule has 0 amide bonds. The number of carbonyl (C=O) groups is 1. The van der Waals surface area contributed by atoms with Gasteiger partial charge in [0.05, 0.1) is 19.1 Å². The van der Waals surface area contributed by atoms with Crippen LogP contribution in [-0.4, -0.2) is 19.2 Å². The molecule has 1 saturated carbocycles. The van der Waals surface area contributed by atoms with E-state index in [0.29, 0.717) is 19.1 Å². The molecule has 19 heavy (non-hydrogen) atoms. The Balaban J connectivity index is 1.53. The molecule has 104 valence electrons. The van der Waals surface area contributed by atoms with Gasteiger partial charge in [0.25, 0.3) is 0 Å². The summed E-state index contributed by atoms with van der Waals surface area (Å²) in [5, 5.41) is 0. The van der Waals surface area contributed by atoms with Crippen molar-refractivity contribution in [2.24, 2.45) is 11.8 Å². The molecule has 0 aromatic heterocycles. The Kier molecular flexibility index (Phi) is 5.40. The third-order valence-electron chi connectivity index (χ3n) is 3.64. The van der Waals surface area contributed by atoms with Gasteiger partial charge in [-0.15, -0.1) is 0 Å². The van der Waals surface area contributed by atoms with Crippen LogP contribution in [0.3, 0.4) is 0 Å². The number of carbonyl (C=O) groups excluding carboxylic acids is 1. The number of rotatable bonds is 7. The Hall–Kier alpha value is -1.35. The van der Waals surface area contributed by atoms with E-state index in [9.17, 15) is 4.79 Å². The van der Waals surface area contributed by atoms with Crippen molar-refractivity contribution >= 4 is 5.97 Å². The normalized spacial score (nSPS) is 21.7. The van der Waals surface area contributed by atoms with E-state index in [4.69, 9.17) is 9.47 Å². The number of ether oxygens (including phenoxy) is 2. The molecule has 1 fully saturated rings. The van der Waals surface area contributed by atoms with Gasteiger partial charge in [0.2, 0.25) is 0 Å². The van der Waals surface area contributed by atoms with Crippen LogP contribution in [0.4, 0.5) is 0 Å². The Bertz CT molecular complexity index is 382. The summed E-state index contributed by atoms with van der Waals surface area (Å²) in [4.78, 5) is 11.4. The standard InChI is InChI=1S/C16H22O3/c1-2-19-16(17)15-10-14(11-15)8-9-18-12-13-6-4-3-5-7-13/h3-7,14-15H,2,8-12H2,1H3/t14-,15-. The van der Waals surface area contributed by atoms with Gasteiger partial charge in [-0.3, -0.25) is 4.79 Å². The molecule has 0 bridgehead atoms. The van der Waals surface area contributed by atoms with E-state index >= 15 is 0 Å². The molecule has 0 spiro atoms. The molecule has 1 aliphatic rings. The van der Waals surface area contributed by atoms with Crippen LogP contribution in [-0.2, 0) is 20.9 Å². The Morgan fingerprint density at radius 2 is 2.00 bits per heavy atom. The fourth-order valence-electron chi connectivity index (χ4n) is 2.44. The summed E-state index contributed by atoms with van der Waals surface area (Å²) in [5.74, 6) is 0.744. The topological polar surface area (TPSA) is 35.5 Å². The second kappa shape index (κ2) is 7.29. The molecule has 0 radical (unpaired) electrons. The second-order valence-corrected chi connectivity index (χ2v) is 5.11. The maximum atomic E-state index is 11.4. The van der Waals surface area contributed by atoms with Crippen molar-refractivity contribution in [3.8, 4) is 0 Å². The van der Waals surface area contributed by atoms with Crippen LogP contribution in [0, 0.1) is 11.8 Å². The van der Waals surface area contributed by atoms with Crippen molar-refractivity contribution in [2.45, 2.75) is 32.8 Å². The van der Waals surface area contributed by atoms with Gasteiger partial charge in [0, 0.05) is 6.61 Å². The number of hydrogen-bond acceptors (Lipinski definition) is 3.